The summed E-state index contributed by atoms with van der Waals surface area (Å²) in [5.74, 6) is 0.167. The number of fused-ring (bicyclic) bond motifs is 1. The van der Waals surface area contributed by atoms with E-state index < -0.39 is 20.0 Å². The fraction of sp³-hybridized carbons (Fsp3) is 0. The first kappa shape index (κ1) is 28.2. The molecule has 0 amide bonds. The SMILES string of the molecule is Nc1ccc(S(=O)(=O)Nc2cccc(Nc3ncc(Cl)c(-c4cn(S(=O)(=O)c5ccccc5)c5ccccc45)n3)c2)cc1. The smallest absolute Gasteiger partial charge is 0.268 e. The van der Waals surface area contributed by atoms with Crippen LogP contribution in [0.15, 0.2) is 125 Å². The van der Waals surface area contributed by atoms with Crippen LogP contribution >= 0.6 is 11.6 Å². The minimum atomic E-state index is -3.91. The van der Waals surface area contributed by atoms with Crippen molar-refractivity contribution >= 4 is 65.6 Å². The summed E-state index contributed by atoms with van der Waals surface area (Å²) in [5, 5.41) is 3.92. The minimum absolute atomic E-state index is 0.0687. The van der Waals surface area contributed by atoms with Crippen molar-refractivity contribution in [3.8, 4) is 11.3 Å². The molecule has 4 aromatic carbocycles. The molecule has 0 aliphatic carbocycles. The average molecular weight is 631 g/mol. The van der Waals surface area contributed by atoms with Gasteiger partial charge in [0, 0.05) is 28.5 Å². The molecular formula is C30H23ClN6O4S2. The van der Waals surface area contributed by atoms with Gasteiger partial charge in [-0.1, -0.05) is 54.1 Å². The third-order valence-electron chi connectivity index (χ3n) is 6.54. The highest BCUT2D eigenvalue weighted by Gasteiger charge is 2.23. The van der Waals surface area contributed by atoms with E-state index in [0.29, 0.717) is 39.2 Å². The number of halogens is 1. The molecule has 0 unspecified atom stereocenters. The third kappa shape index (κ3) is 5.63. The second-order valence-electron chi connectivity index (χ2n) is 9.44. The fourth-order valence-electron chi connectivity index (χ4n) is 4.51. The van der Waals surface area contributed by atoms with E-state index in [-0.39, 0.29) is 20.8 Å². The lowest BCUT2D eigenvalue weighted by Gasteiger charge is -2.11. The summed E-state index contributed by atoms with van der Waals surface area (Å²) < 4.78 is 56.5. The number of rotatable bonds is 8. The molecule has 13 heteroatoms. The van der Waals surface area contributed by atoms with Crippen LogP contribution in [-0.4, -0.2) is 30.8 Å². The molecule has 216 valence electrons. The Bertz CT molecular complexity index is 2190. The second-order valence-corrected chi connectivity index (χ2v) is 13.3. The normalized spacial score (nSPS) is 11.8. The average Bonchev–Trinajstić information content (AvgIpc) is 3.39. The Morgan fingerprint density at radius 1 is 0.767 bits per heavy atom. The van der Waals surface area contributed by atoms with Crippen LogP contribution < -0.4 is 15.8 Å². The molecule has 0 saturated carbocycles. The highest BCUT2D eigenvalue weighted by molar-refractivity contribution is 7.92. The van der Waals surface area contributed by atoms with Crippen LogP contribution in [-0.2, 0) is 20.0 Å². The summed E-state index contributed by atoms with van der Waals surface area (Å²) in [7, 11) is -7.77. The standard InChI is InChI=1S/C30H23ClN6O4S2/c31-27-18-33-30(34-21-7-6-8-22(17-21)36-42(38,39)23-15-13-20(32)14-16-23)35-29(27)26-19-37(28-12-5-4-11-25(26)28)43(40,41)24-9-2-1-3-10-24/h1-19,36H,32H2,(H,33,34,35). The van der Waals surface area contributed by atoms with Gasteiger partial charge in [-0.25, -0.2) is 30.8 Å². The maximum atomic E-state index is 13.6. The van der Waals surface area contributed by atoms with Crippen molar-refractivity contribution in [1.29, 1.82) is 0 Å². The number of nitrogens with two attached hydrogens (primary N) is 1. The number of sulfonamides is 1. The van der Waals surface area contributed by atoms with E-state index in [4.69, 9.17) is 17.3 Å². The van der Waals surface area contributed by atoms with E-state index in [1.807, 2.05) is 0 Å². The number of aromatic nitrogens is 3. The van der Waals surface area contributed by atoms with Crippen LogP contribution in [0.4, 0.5) is 23.0 Å². The molecule has 2 heterocycles. The van der Waals surface area contributed by atoms with Crippen LogP contribution in [0.1, 0.15) is 0 Å². The molecule has 43 heavy (non-hydrogen) atoms. The lowest BCUT2D eigenvalue weighted by Crippen LogP contribution is -2.13. The van der Waals surface area contributed by atoms with E-state index in [9.17, 15) is 16.8 Å². The zero-order valence-corrected chi connectivity index (χ0v) is 24.6. The first-order chi connectivity index (χ1) is 20.6. The number of nitrogen functional groups attached to an aromatic ring is 1. The summed E-state index contributed by atoms with van der Waals surface area (Å²) in [4.78, 5) is 9.09. The minimum Gasteiger partial charge on any atom is -0.399 e. The van der Waals surface area contributed by atoms with Crippen LogP contribution in [0.5, 0.6) is 0 Å². The van der Waals surface area contributed by atoms with Crippen LogP contribution in [0.25, 0.3) is 22.2 Å². The van der Waals surface area contributed by atoms with Crippen molar-refractivity contribution in [3.05, 3.63) is 121 Å². The fourth-order valence-corrected chi connectivity index (χ4v) is 7.14. The first-order valence-corrected chi connectivity index (χ1v) is 16.1. The highest BCUT2D eigenvalue weighted by Crippen LogP contribution is 2.36. The second kappa shape index (κ2) is 11.1. The van der Waals surface area contributed by atoms with E-state index in [1.165, 1.54) is 52.8 Å². The van der Waals surface area contributed by atoms with Gasteiger partial charge in [-0.05, 0) is 60.7 Å². The van der Waals surface area contributed by atoms with E-state index >= 15 is 0 Å². The number of anilines is 4. The predicted molar refractivity (Wildman–Crippen MR) is 168 cm³/mol. The van der Waals surface area contributed by atoms with Gasteiger partial charge in [-0.15, -0.1) is 0 Å². The molecule has 0 radical (unpaired) electrons. The maximum Gasteiger partial charge on any atom is 0.268 e. The summed E-state index contributed by atoms with van der Waals surface area (Å²) in [6.07, 6.45) is 2.91. The van der Waals surface area contributed by atoms with Crippen LogP contribution in [0.3, 0.4) is 0 Å². The van der Waals surface area contributed by atoms with E-state index in [2.05, 4.69) is 20.0 Å². The summed E-state index contributed by atoms with van der Waals surface area (Å²) >= 11 is 6.54. The molecule has 0 aliphatic rings. The molecule has 0 aliphatic heterocycles. The Balaban J connectivity index is 1.34. The van der Waals surface area contributed by atoms with Crippen LogP contribution in [0.2, 0.25) is 5.02 Å². The van der Waals surface area contributed by atoms with Gasteiger partial charge in [-0.2, -0.15) is 0 Å². The molecule has 0 bridgehead atoms. The lowest BCUT2D eigenvalue weighted by molar-refractivity contribution is 0.589. The van der Waals surface area contributed by atoms with E-state index in [1.54, 1.807) is 66.7 Å². The van der Waals surface area contributed by atoms with Crippen molar-refractivity contribution in [3.63, 3.8) is 0 Å². The number of para-hydroxylation sites is 1. The molecule has 0 atom stereocenters. The third-order valence-corrected chi connectivity index (χ3v) is 9.90. The largest absolute Gasteiger partial charge is 0.399 e. The van der Waals surface area contributed by atoms with Crippen molar-refractivity contribution in [2.75, 3.05) is 15.8 Å². The highest BCUT2D eigenvalue weighted by atomic mass is 35.5. The van der Waals surface area contributed by atoms with Gasteiger partial charge in [-0.3, -0.25) is 4.72 Å². The van der Waals surface area contributed by atoms with Crippen molar-refractivity contribution < 1.29 is 16.8 Å². The Kier molecular flexibility index (Phi) is 7.26. The Hall–Kier alpha value is -4.91. The van der Waals surface area contributed by atoms with Gasteiger partial charge in [0.2, 0.25) is 5.95 Å². The molecule has 0 saturated heterocycles. The van der Waals surface area contributed by atoms with Gasteiger partial charge in [0.15, 0.2) is 0 Å². The molecule has 4 N–H and O–H groups in total. The van der Waals surface area contributed by atoms with Crippen molar-refractivity contribution in [1.82, 2.24) is 13.9 Å². The Morgan fingerprint density at radius 3 is 2.23 bits per heavy atom. The van der Waals surface area contributed by atoms with Gasteiger partial charge < -0.3 is 11.1 Å². The molecular weight excluding hydrogens is 608 g/mol. The number of hydrogen-bond donors (Lipinski definition) is 3. The van der Waals surface area contributed by atoms with Crippen molar-refractivity contribution in [2.45, 2.75) is 9.79 Å². The van der Waals surface area contributed by atoms with Crippen molar-refractivity contribution in [2.24, 2.45) is 0 Å². The van der Waals surface area contributed by atoms with Gasteiger partial charge >= 0.3 is 0 Å². The molecule has 2 aromatic heterocycles. The number of nitrogens with one attached hydrogen (secondary N) is 2. The molecule has 0 spiro atoms. The van der Waals surface area contributed by atoms with Crippen LogP contribution in [0, 0.1) is 0 Å². The molecule has 6 aromatic rings. The lowest BCUT2D eigenvalue weighted by atomic mass is 10.1. The molecule has 0 fully saturated rings. The summed E-state index contributed by atoms with van der Waals surface area (Å²) in [6.45, 7) is 0. The Labute approximate surface area is 252 Å². The van der Waals surface area contributed by atoms with Gasteiger partial charge in [0.1, 0.15) is 0 Å². The number of hydrogen-bond acceptors (Lipinski definition) is 8. The summed E-state index contributed by atoms with van der Waals surface area (Å²) in [5.41, 5.74) is 8.21. The first-order valence-electron chi connectivity index (χ1n) is 12.8. The topological polar surface area (TPSA) is 149 Å². The van der Waals surface area contributed by atoms with Gasteiger partial charge in [0.25, 0.3) is 20.0 Å². The van der Waals surface area contributed by atoms with Gasteiger partial charge in [0.05, 0.1) is 37.9 Å². The Morgan fingerprint density at radius 2 is 1.47 bits per heavy atom. The predicted octanol–water partition coefficient (Wildman–Crippen LogP) is 6.12. The molecule has 6 rings (SSSR count). The number of nitrogens with zero attached hydrogens (tertiary/aromatic N) is 3. The maximum absolute atomic E-state index is 13.6. The zero-order chi connectivity index (χ0) is 30.2. The summed E-state index contributed by atoms with van der Waals surface area (Å²) in [6, 6.07) is 27.7. The number of benzene rings is 4. The quantitative estimate of drug-likeness (QED) is 0.170. The monoisotopic (exact) mass is 630 g/mol. The zero-order valence-electron chi connectivity index (χ0n) is 22.2. The molecule has 10 nitrogen and oxygen atoms in total. The van der Waals surface area contributed by atoms with E-state index in [0.717, 1.165) is 0 Å².